The van der Waals surface area contributed by atoms with E-state index < -0.39 is 0 Å². The fourth-order valence-corrected chi connectivity index (χ4v) is 3.93. The van der Waals surface area contributed by atoms with Crippen LogP contribution in [-0.2, 0) is 6.54 Å². The molecule has 9 nitrogen and oxygen atoms in total. The predicted octanol–water partition coefficient (Wildman–Crippen LogP) is 4.52. The number of aromatic nitrogens is 4. The fraction of sp³-hybridized carbons (Fsp3) is 0.308. The first kappa shape index (κ1) is 30.8. The molecule has 4 rings (SSSR count). The predicted molar refractivity (Wildman–Crippen MR) is 160 cm³/mol. The molecule has 12 heteroatoms. The molecule has 0 bridgehead atoms. The van der Waals surface area contributed by atoms with Gasteiger partial charge in [-0.05, 0) is 17.7 Å². The van der Waals surface area contributed by atoms with Crippen LogP contribution in [-0.4, -0.2) is 70.6 Å². The minimum atomic E-state index is -0.215. The number of halogens is 3. The lowest BCUT2D eigenvalue weighted by Crippen LogP contribution is -2.46. The van der Waals surface area contributed by atoms with Gasteiger partial charge in [0.05, 0.1) is 0 Å². The van der Waals surface area contributed by atoms with Crippen LogP contribution in [0, 0.1) is 5.82 Å². The van der Waals surface area contributed by atoms with Crippen molar-refractivity contribution in [1.82, 2.24) is 24.8 Å². The molecule has 2 aromatic heterocycles. The molecular formula is C26H34Cl2FN9. The summed E-state index contributed by atoms with van der Waals surface area (Å²) >= 11 is 0. The molecule has 0 radical (unpaired) electrons. The van der Waals surface area contributed by atoms with Gasteiger partial charge in [0.2, 0.25) is 11.9 Å². The molecule has 3 heterocycles. The number of fused-ring (bicyclic) bond motifs is 1. The van der Waals surface area contributed by atoms with Gasteiger partial charge < -0.3 is 20.9 Å². The van der Waals surface area contributed by atoms with Crippen molar-refractivity contribution >= 4 is 59.4 Å². The van der Waals surface area contributed by atoms with Gasteiger partial charge in [-0.2, -0.15) is 9.97 Å². The summed E-state index contributed by atoms with van der Waals surface area (Å²) in [4.78, 5) is 23.5. The zero-order valence-corrected chi connectivity index (χ0v) is 22.8. The number of rotatable bonds is 12. The second kappa shape index (κ2) is 15.1. The Balaban J connectivity index is 0.00000253. The standard InChI is InChI=1S/C26H32FN9.2ClH/c1-4-11-28-23-22-21(31-25(33-23)30-13-6-3)24(29-12-5-2)34-26(32-22)36-16-14-35(15-17-36)18-19-7-9-20(27)10-8-19;;/h4-10H,1-3,11-18H2,(H,29,32,34)(H2,28,30,31,33);2*1H. The first-order valence-electron chi connectivity index (χ1n) is 12.0. The lowest BCUT2D eigenvalue weighted by Gasteiger charge is -2.35. The zero-order valence-electron chi connectivity index (χ0n) is 21.2. The van der Waals surface area contributed by atoms with Gasteiger partial charge in [-0.3, -0.25) is 4.90 Å². The van der Waals surface area contributed by atoms with Crippen LogP contribution in [0.15, 0.2) is 62.2 Å². The van der Waals surface area contributed by atoms with E-state index in [2.05, 4.69) is 55.5 Å². The van der Waals surface area contributed by atoms with Crippen molar-refractivity contribution in [2.45, 2.75) is 6.54 Å². The molecule has 0 aliphatic carbocycles. The first-order chi connectivity index (χ1) is 17.6. The molecule has 0 amide bonds. The number of anilines is 4. The number of nitrogens with zero attached hydrogens (tertiary/aromatic N) is 6. The van der Waals surface area contributed by atoms with Crippen molar-refractivity contribution in [3.63, 3.8) is 0 Å². The number of hydrogen-bond donors (Lipinski definition) is 3. The second-order valence-electron chi connectivity index (χ2n) is 8.36. The second-order valence-corrected chi connectivity index (χ2v) is 8.36. The Morgan fingerprint density at radius 1 is 0.737 bits per heavy atom. The number of hydrogen-bond acceptors (Lipinski definition) is 9. The minimum Gasteiger partial charge on any atom is -0.365 e. The van der Waals surface area contributed by atoms with E-state index >= 15 is 0 Å². The third kappa shape index (κ3) is 7.77. The van der Waals surface area contributed by atoms with E-state index in [1.54, 1.807) is 18.2 Å². The molecule has 0 atom stereocenters. The highest BCUT2D eigenvalue weighted by Gasteiger charge is 2.22. The van der Waals surface area contributed by atoms with Crippen LogP contribution in [0.5, 0.6) is 0 Å². The van der Waals surface area contributed by atoms with E-state index in [4.69, 9.17) is 9.97 Å². The van der Waals surface area contributed by atoms with Gasteiger partial charge in [0.1, 0.15) is 16.9 Å². The molecule has 3 aromatic rings. The average Bonchev–Trinajstić information content (AvgIpc) is 2.91. The van der Waals surface area contributed by atoms with Crippen molar-refractivity contribution in [3.05, 3.63) is 73.6 Å². The van der Waals surface area contributed by atoms with E-state index in [0.717, 1.165) is 38.3 Å². The smallest absolute Gasteiger partial charge is 0.228 e. The Bertz CT molecular complexity index is 1220. The van der Waals surface area contributed by atoms with Crippen LogP contribution in [0.3, 0.4) is 0 Å². The molecule has 3 N–H and O–H groups in total. The Hall–Kier alpha value is -3.47. The van der Waals surface area contributed by atoms with Gasteiger partial charge in [0.25, 0.3) is 0 Å². The topological polar surface area (TPSA) is 94.1 Å². The van der Waals surface area contributed by atoms with Gasteiger partial charge in [-0.1, -0.05) is 30.4 Å². The summed E-state index contributed by atoms with van der Waals surface area (Å²) in [5.74, 6) is 2.09. The van der Waals surface area contributed by atoms with E-state index in [9.17, 15) is 4.39 Å². The summed E-state index contributed by atoms with van der Waals surface area (Å²) in [5, 5.41) is 9.73. The van der Waals surface area contributed by atoms with Crippen LogP contribution in [0.25, 0.3) is 11.0 Å². The minimum absolute atomic E-state index is 0. The molecule has 38 heavy (non-hydrogen) atoms. The highest BCUT2D eigenvalue weighted by molar-refractivity contribution is 5.94. The Morgan fingerprint density at radius 3 is 1.89 bits per heavy atom. The van der Waals surface area contributed by atoms with Gasteiger partial charge >= 0.3 is 0 Å². The molecular weight excluding hydrogens is 528 g/mol. The van der Waals surface area contributed by atoms with Gasteiger partial charge in [-0.15, -0.1) is 44.6 Å². The van der Waals surface area contributed by atoms with Crippen LogP contribution < -0.4 is 20.9 Å². The Morgan fingerprint density at radius 2 is 1.29 bits per heavy atom. The summed E-state index contributed by atoms with van der Waals surface area (Å²) < 4.78 is 13.2. The summed E-state index contributed by atoms with van der Waals surface area (Å²) in [7, 11) is 0. The summed E-state index contributed by atoms with van der Waals surface area (Å²) in [5.41, 5.74) is 2.34. The van der Waals surface area contributed by atoms with Crippen molar-refractivity contribution in [2.24, 2.45) is 0 Å². The number of piperazine rings is 1. The molecule has 1 aliphatic heterocycles. The van der Waals surface area contributed by atoms with E-state index in [1.807, 2.05) is 12.1 Å². The van der Waals surface area contributed by atoms with Crippen LogP contribution in [0.2, 0.25) is 0 Å². The highest BCUT2D eigenvalue weighted by Crippen LogP contribution is 2.28. The molecule has 1 aromatic carbocycles. The quantitative estimate of drug-likeness (QED) is 0.276. The van der Waals surface area contributed by atoms with E-state index in [0.29, 0.717) is 54.2 Å². The SMILES string of the molecule is C=CCNc1nc(NCC=C)c2nc(N3CCN(Cc4ccc(F)cc4)CC3)nc(NCC=C)c2n1.Cl.Cl. The molecule has 1 fully saturated rings. The summed E-state index contributed by atoms with van der Waals surface area (Å²) in [6, 6.07) is 6.68. The number of benzene rings is 1. The average molecular weight is 563 g/mol. The van der Waals surface area contributed by atoms with Gasteiger partial charge in [0.15, 0.2) is 11.6 Å². The van der Waals surface area contributed by atoms with Crippen molar-refractivity contribution in [2.75, 3.05) is 66.7 Å². The molecule has 0 unspecified atom stereocenters. The van der Waals surface area contributed by atoms with Gasteiger partial charge in [0, 0.05) is 52.4 Å². The van der Waals surface area contributed by atoms with Gasteiger partial charge in [-0.25, -0.2) is 14.4 Å². The normalized spacial score (nSPS) is 13.1. The zero-order chi connectivity index (χ0) is 25.3. The maximum Gasteiger partial charge on any atom is 0.228 e. The van der Waals surface area contributed by atoms with Crippen LogP contribution in [0.1, 0.15) is 5.56 Å². The van der Waals surface area contributed by atoms with Crippen molar-refractivity contribution in [3.8, 4) is 0 Å². The maximum atomic E-state index is 13.2. The lowest BCUT2D eigenvalue weighted by atomic mass is 10.2. The molecule has 1 saturated heterocycles. The molecule has 0 spiro atoms. The molecule has 204 valence electrons. The Labute approximate surface area is 235 Å². The highest BCUT2D eigenvalue weighted by atomic mass is 35.5. The summed E-state index contributed by atoms with van der Waals surface area (Å²) in [6.07, 6.45) is 5.29. The van der Waals surface area contributed by atoms with Crippen LogP contribution in [0.4, 0.5) is 27.9 Å². The van der Waals surface area contributed by atoms with Crippen LogP contribution >= 0.6 is 24.8 Å². The van der Waals surface area contributed by atoms with E-state index in [1.165, 1.54) is 12.1 Å². The first-order valence-corrected chi connectivity index (χ1v) is 12.0. The maximum absolute atomic E-state index is 13.2. The molecule has 1 aliphatic rings. The molecule has 0 saturated carbocycles. The summed E-state index contributed by atoms with van der Waals surface area (Å²) in [6.45, 7) is 16.9. The monoisotopic (exact) mass is 561 g/mol. The number of nitrogens with one attached hydrogen (secondary N) is 3. The van der Waals surface area contributed by atoms with Crippen molar-refractivity contribution in [1.29, 1.82) is 0 Å². The van der Waals surface area contributed by atoms with Crippen molar-refractivity contribution < 1.29 is 4.39 Å². The largest absolute Gasteiger partial charge is 0.365 e. The third-order valence-electron chi connectivity index (χ3n) is 5.74. The fourth-order valence-electron chi connectivity index (χ4n) is 3.93. The third-order valence-corrected chi connectivity index (χ3v) is 5.74. The van der Waals surface area contributed by atoms with E-state index in [-0.39, 0.29) is 30.6 Å². The Kier molecular flexibility index (Phi) is 12.2. The lowest BCUT2D eigenvalue weighted by molar-refractivity contribution is 0.248.